The van der Waals surface area contributed by atoms with Gasteiger partial charge in [-0.1, -0.05) is 12.0 Å². The van der Waals surface area contributed by atoms with Crippen LogP contribution >= 0.6 is 0 Å². The van der Waals surface area contributed by atoms with Crippen LogP contribution in [-0.2, 0) is 16.1 Å². The number of rotatable bonds is 4. The van der Waals surface area contributed by atoms with E-state index in [0.717, 1.165) is 12.1 Å². The molecule has 3 aromatic rings. The second kappa shape index (κ2) is 7.11. The maximum absolute atomic E-state index is 13.3. The fourth-order valence-corrected chi connectivity index (χ4v) is 2.22. The lowest BCUT2D eigenvalue weighted by Gasteiger charge is -1.99. The first-order valence-corrected chi connectivity index (χ1v) is 7.27. The number of aromatic nitrogens is 2. The Balaban J connectivity index is 1.97. The Morgan fingerprint density at radius 1 is 1.20 bits per heavy atom. The Labute approximate surface area is 141 Å². The number of imidazole rings is 1. The van der Waals surface area contributed by atoms with Crippen molar-refractivity contribution >= 4 is 11.6 Å². The highest BCUT2D eigenvalue weighted by Gasteiger charge is 2.11. The molecule has 0 aliphatic rings. The van der Waals surface area contributed by atoms with Crippen LogP contribution in [0.4, 0.5) is 8.78 Å². The van der Waals surface area contributed by atoms with Gasteiger partial charge in [0.15, 0.2) is 11.6 Å². The molecule has 2 aromatic heterocycles. The van der Waals surface area contributed by atoms with Crippen molar-refractivity contribution in [3.63, 3.8) is 0 Å². The molecule has 0 fully saturated rings. The Morgan fingerprint density at radius 2 is 2.04 bits per heavy atom. The molecule has 7 heteroatoms. The number of fused-ring (bicyclic) bond motifs is 1. The number of aliphatic carboxylic acids is 1. The Bertz CT molecular complexity index is 1000. The van der Waals surface area contributed by atoms with Gasteiger partial charge in [0.2, 0.25) is 0 Å². The molecule has 0 saturated carbocycles. The van der Waals surface area contributed by atoms with E-state index in [0.29, 0.717) is 22.6 Å². The lowest BCUT2D eigenvalue weighted by atomic mass is 10.2. The van der Waals surface area contributed by atoms with Gasteiger partial charge < -0.3 is 9.84 Å². The number of nitrogens with zero attached hydrogens (tertiary/aromatic N) is 2. The SMILES string of the molecule is O=C(O)COCc1nc2ccccn2c1C#Cc1ccc(F)c(F)c1. The van der Waals surface area contributed by atoms with Crippen molar-refractivity contribution in [1.29, 1.82) is 0 Å². The van der Waals surface area contributed by atoms with Crippen LogP contribution in [0, 0.1) is 23.5 Å². The maximum Gasteiger partial charge on any atom is 0.329 e. The summed E-state index contributed by atoms with van der Waals surface area (Å²) in [6, 6.07) is 8.74. The average molecular weight is 342 g/mol. The van der Waals surface area contributed by atoms with E-state index in [1.807, 2.05) is 0 Å². The zero-order valence-corrected chi connectivity index (χ0v) is 12.9. The zero-order valence-electron chi connectivity index (χ0n) is 12.9. The molecule has 2 heterocycles. The van der Waals surface area contributed by atoms with Gasteiger partial charge in [0.25, 0.3) is 0 Å². The first-order chi connectivity index (χ1) is 12.0. The van der Waals surface area contributed by atoms with E-state index in [9.17, 15) is 13.6 Å². The molecular weight excluding hydrogens is 330 g/mol. The summed E-state index contributed by atoms with van der Waals surface area (Å²) in [4.78, 5) is 14.9. The monoisotopic (exact) mass is 342 g/mol. The molecule has 0 aliphatic carbocycles. The average Bonchev–Trinajstić information content (AvgIpc) is 2.93. The van der Waals surface area contributed by atoms with Gasteiger partial charge in [-0.05, 0) is 36.3 Å². The Morgan fingerprint density at radius 3 is 2.80 bits per heavy atom. The number of ether oxygens (including phenoxy) is 1. The number of carboxylic acid groups (broad SMARTS) is 1. The molecule has 3 rings (SSSR count). The number of pyridine rings is 1. The molecule has 5 nitrogen and oxygen atoms in total. The van der Waals surface area contributed by atoms with Gasteiger partial charge in [-0.15, -0.1) is 0 Å². The molecule has 0 spiro atoms. The summed E-state index contributed by atoms with van der Waals surface area (Å²) >= 11 is 0. The quantitative estimate of drug-likeness (QED) is 0.741. The third-order valence-electron chi connectivity index (χ3n) is 3.31. The summed E-state index contributed by atoms with van der Waals surface area (Å²) in [5, 5.41) is 8.66. The van der Waals surface area contributed by atoms with E-state index < -0.39 is 24.2 Å². The van der Waals surface area contributed by atoms with Crippen molar-refractivity contribution < 1.29 is 23.4 Å². The molecule has 1 aromatic carbocycles. The molecule has 0 aliphatic heterocycles. The Kier molecular flexibility index (Phi) is 4.73. The van der Waals surface area contributed by atoms with Crippen molar-refractivity contribution in [3.8, 4) is 11.8 Å². The predicted molar refractivity (Wildman–Crippen MR) is 84.8 cm³/mol. The number of hydrogen-bond acceptors (Lipinski definition) is 3. The van der Waals surface area contributed by atoms with E-state index in [2.05, 4.69) is 16.8 Å². The van der Waals surface area contributed by atoms with Crippen LogP contribution in [0.15, 0.2) is 42.6 Å². The second-order valence-corrected chi connectivity index (χ2v) is 5.10. The smallest absolute Gasteiger partial charge is 0.329 e. The van der Waals surface area contributed by atoms with Gasteiger partial charge in [-0.25, -0.2) is 18.6 Å². The van der Waals surface area contributed by atoms with Gasteiger partial charge in [-0.3, -0.25) is 4.40 Å². The van der Waals surface area contributed by atoms with Crippen LogP contribution in [0.1, 0.15) is 17.0 Å². The van der Waals surface area contributed by atoms with E-state index >= 15 is 0 Å². The number of carboxylic acids is 1. The van der Waals surface area contributed by atoms with E-state index in [1.54, 1.807) is 28.8 Å². The molecule has 0 amide bonds. The molecule has 1 N–H and O–H groups in total. The third-order valence-corrected chi connectivity index (χ3v) is 3.31. The van der Waals surface area contributed by atoms with Crippen molar-refractivity contribution in [3.05, 3.63) is 71.2 Å². The van der Waals surface area contributed by atoms with Crippen molar-refractivity contribution in [2.24, 2.45) is 0 Å². The molecule has 0 unspecified atom stereocenters. The third kappa shape index (κ3) is 3.82. The fraction of sp³-hybridized carbons (Fsp3) is 0.111. The van der Waals surface area contributed by atoms with Gasteiger partial charge in [0, 0.05) is 11.8 Å². The van der Waals surface area contributed by atoms with Gasteiger partial charge in [-0.2, -0.15) is 0 Å². The number of carbonyl (C=O) groups is 1. The zero-order chi connectivity index (χ0) is 17.8. The molecule has 0 radical (unpaired) electrons. The van der Waals surface area contributed by atoms with Gasteiger partial charge in [0.1, 0.15) is 23.6 Å². The predicted octanol–water partition coefficient (Wildman–Crippen LogP) is 2.61. The molecule has 126 valence electrons. The molecular formula is C18H12F2N2O3. The molecule has 0 atom stereocenters. The first-order valence-electron chi connectivity index (χ1n) is 7.27. The fourth-order valence-electron chi connectivity index (χ4n) is 2.22. The minimum atomic E-state index is -1.09. The number of benzene rings is 1. The summed E-state index contributed by atoms with van der Waals surface area (Å²) in [7, 11) is 0. The minimum Gasteiger partial charge on any atom is -0.480 e. The van der Waals surface area contributed by atoms with Crippen molar-refractivity contribution in [2.75, 3.05) is 6.61 Å². The van der Waals surface area contributed by atoms with Crippen LogP contribution in [0.5, 0.6) is 0 Å². The highest BCUT2D eigenvalue weighted by molar-refractivity contribution is 5.68. The highest BCUT2D eigenvalue weighted by atomic mass is 19.2. The van der Waals surface area contributed by atoms with Crippen molar-refractivity contribution in [1.82, 2.24) is 9.38 Å². The number of hydrogen-bond donors (Lipinski definition) is 1. The van der Waals surface area contributed by atoms with Crippen LogP contribution in [-0.4, -0.2) is 27.1 Å². The van der Waals surface area contributed by atoms with Crippen LogP contribution < -0.4 is 0 Å². The lowest BCUT2D eigenvalue weighted by molar-refractivity contribution is -0.142. The van der Waals surface area contributed by atoms with E-state index in [1.165, 1.54) is 6.07 Å². The lowest BCUT2D eigenvalue weighted by Crippen LogP contribution is -2.07. The van der Waals surface area contributed by atoms with Gasteiger partial charge >= 0.3 is 5.97 Å². The largest absolute Gasteiger partial charge is 0.480 e. The summed E-state index contributed by atoms with van der Waals surface area (Å²) in [5.74, 6) is 2.63. The topological polar surface area (TPSA) is 63.8 Å². The van der Waals surface area contributed by atoms with Crippen LogP contribution in [0.25, 0.3) is 5.65 Å². The summed E-state index contributed by atoms with van der Waals surface area (Å²) in [6.07, 6.45) is 1.75. The molecule has 0 saturated heterocycles. The summed E-state index contributed by atoms with van der Waals surface area (Å²) < 4.78 is 33.1. The van der Waals surface area contributed by atoms with Crippen LogP contribution in [0.3, 0.4) is 0 Å². The van der Waals surface area contributed by atoms with E-state index in [4.69, 9.17) is 9.84 Å². The summed E-state index contributed by atoms with van der Waals surface area (Å²) in [5.41, 5.74) is 1.88. The van der Waals surface area contributed by atoms with Gasteiger partial charge in [0.05, 0.1) is 6.61 Å². The number of halogens is 2. The summed E-state index contributed by atoms with van der Waals surface area (Å²) in [6.45, 7) is -0.486. The van der Waals surface area contributed by atoms with Crippen molar-refractivity contribution in [2.45, 2.75) is 6.61 Å². The molecule has 0 bridgehead atoms. The first kappa shape index (κ1) is 16.6. The van der Waals surface area contributed by atoms with E-state index in [-0.39, 0.29) is 6.61 Å². The second-order valence-electron chi connectivity index (χ2n) is 5.10. The van der Waals surface area contributed by atoms with Crippen LogP contribution in [0.2, 0.25) is 0 Å². The minimum absolute atomic E-state index is 0.0320. The molecule has 25 heavy (non-hydrogen) atoms. The maximum atomic E-state index is 13.3. The Hall–Kier alpha value is -3.24. The highest BCUT2D eigenvalue weighted by Crippen LogP contribution is 2.14. The normalized spacial score (nSPS) is 10.5. The standard InChI is InChI=1S/C18H12F2N2O3/c19-13-6-4-12(9-14(13)20)5-7-16-15(10-25-11-18(23)24)21-17-3-1-2-8-22(16)17/h1-4,6,8-9H,10-11H2,(H,23,24).